The molecule has 1 aromatic heterocycles. The molecule has 1 spiro atoms. The SMILES string of the molecule is O=C(N[C@H]1CCO[C@]2(CCSC2)C1)c1cc2ccccc2c(=O)o1. The predicted molar refractivity (Wildman–Crippen MR) is 93.6 cm³/mol. The van der Waals surface area contributed by atoms with Crippen molar-refractivity contribution in [2.24, 2.45) is 0 Å². The molecule has 0 unspecified atom stereocenters. The second-order valence-electron chi connectivity index (χ2n) is 6.48. The van der Waals surface area contributed by atoms with Crippen LogP contribution in [0.15, 0.2) is 39.5 Å². The number of hydrogen-bond acceptors (Lipinski definition) is 5. The predicted octanol–water partition coefficient (Wildman–Crippen LogP) is 2.58. The molecule has 2 aliphatic rings. The number of carbonyl (C=O) groups is 1. The molecule has 1 N–H and O–H groups in total. The Balaban J connectivity index is 1.53. The second-order valence-corrected chi connectivity index (χ2v) is 7.59. The molecular formula is C18H19NO4S. The van der Waals surface area contributed by atoms with Crippen molar-refractivity contribution >= 4 is 28.4 Å². The number of rotatable bonds is 2. The van der Waals surface area contributed by atoms with Crippen LogP contribution < -0.4 is 10.9 Å². The lowest BCUT2D eigenvalue weighted by molar-refractivity contribution is -0.0689. The van der Waals surface area contributed by atoms with E-state index in [1.807, 2.05) is 23.9 Å². The molecule has 0 bridgehead atoms. The summed E-state index contributed by atoms with van der Waals surface area (Å²) in [6.07, 6.45) is 2.65. The highest BCUT2D eigenvalue weighted by molar-refractivity contribution is 7.99. The number of hydrogen-bond donors (Lipinski definition) is 1. The largest absolute Gasteiger partial charge is 0.417 e. The van der Waals surface area contributed by atoms with Gasteiger partial charge in [0.2, 0.25) is 0 Å². The van der Waals surface area contributed by atoms with E-state index >= 15 is 0 Å². The molecule has 5 nitrogen and oxygen atoms in total. The van der Waals surface area contributed by atoms with Crippen molar-refractivity contribution in [1.29, 1.82) is 0 Å². The summed E-state index contributed by atoms with van der Waals surface area (Å²) in [5, 5.41) is 4.22. The molecule has 0 radical (unpaired) electrons. The zero-order chi connectivity index (χ0) is 16.6. The quantitative estimate of drug-likeness (QED) is 0.906. The average molecular weight is 345 g/mol. The third kappa shape index (κ3) is 2.96. The Labute approximate surface area is 143 Å². The minimum Gasteiger partial charge on any atom is -0.417 e. The van der Waals surface area contributed by atoms with Crippen LogP contribution in [-0.2, 0) is 4.74 Å². The van der Waals surface area contributed by atoms with Gasteiger partial charge in [-0.2, -0.15) is 11.8 Å². The fourth-order valence-electron chi connectivity index (χ4n) is 3.52. The molecule has 2 aliphatic heterocycles. The van der Waals surface area contributed by atoms with Crippen LogP contribution in [0.5, 0.6) is 0 Å². The molecule has 1 aromatic carbocycles. The summed E-state index contributed by atoms with van der Waals surface area (Å²) in [4.78, 5) is 24.6. The van der Waals surface area contributed by atoms with Crippen LogP contribution in [0.2, 0.25) is 0 Å². The van der Waals surface area contributed by atoms with Crippen LogP contribution in [0.3, 0.4) is 0 Å². The van der Waals surface area contributed by atoms with Gasteiger partial charge >= 0.3 is 5.63 Å². The van der Waals surface area contributed by atoms with Crippen LogP contribution in [0.4, 0.5) is 0 Å². The lowest BCUT2D eigenvalue weighted by atomic mass is 9.90. The Kier molecular flexibility index (Phi) is 4.10. The molecule has 4 rings (SSSR count). The van der Waals surface area contributed by atoms with Gasteiger partial charge in [0, 0.05) is 18.4 Å². The lowest BCUT2D eigenvalue weighted by Gasteiger charge is -2.37. The first-order valence-electron chi connectivity index (χ1n) is 8.21. The van der Waals surface area contributed by atoms with E-state index in [4.69, 9.17) is 9.15 Å². The number of amides is 1. The second kappa shape index (κ2) is 6.26. The zero-order valence-electron chi connectivity index (χ0n) is 13.2. The van der Waals surface area contributed by atoms with Crippen molar-refractivity contribution < 1.29 is 13.9 Å². The molecular weight excluding hydrogens is 326 g/mol. The van der Waals surface area contributed by atoms with E-state index in [0.29, 0.717) is 12.0 Å². The maximum absolute atomic E-state index is 12.5. The minimum absolute atomic E-state index is 0.0572. The van der Waals surface area contributed by atoms with Crippen LogP contribution >= 0.6 is 11.8 Å². The Hall–Kier alpha value is -1.79. The first-order valence-corrected chi connectivity index (χ1v) is 9.36. The normalized spacial score (nSPS) is 26.8. The zero-order valence-corrected chi connectivity index (χ0v) is 14.1. The summed E-state index contributed by atoms with van der Waals surface area (Å²) in [5.41, 5.74) is -0.570. The number of fused-ring (bicyclic) bond motifs is 1. The molecule has 0 saturated carbocycles. The van der Waals surface area contributed by atoms with Crippen molar-refractivity contribution in [3.05, 3.63) is 46.5 Å². The molecule has 1 amide bonds. The molecule has 2 saturated heterocycles. The van der Waals surface area contributed by atoms with E-state index in [1.54, 1.807) is 18.2 Å². The van der Waals surface area contributed by atoms with Crippen molar-refractivity contribution in [1.82, 2.24) is 5.32 Å². The van der Waals surface area contributed by atoms with Crippen molar-refractivity contribution in [3.8, 4) is 0 Å². The van der Waals surface area contributed by atoms with Crippen LogP contribution in [-0.4, -0.2) is 35.7 Å². The summed E-state index contributed by atoms with van der Waals surface area (Å²) in [6.45, 7) is 0.660. The standard InChI is InChI=1S/C18H19NO4S/c20-16(15-9-12-3-1-2-4-14(12)17(21)23-15)19-13-5-7-22-18(10-13)6-8-24-11-18/h1-4,9,13H,5-8,10-11H2,(H,19,20)/t13-,18+/m0/s1. The topological polar surface area (TPSA) is 68.5 Å². The molecule has 6 heteroatoms. The summed E-state index contributed by atoms with van der Waals surface area (Å²) in [6, 6.07) is 8.81. The monoisotopic (exact) mass is 345 g/mol. The number of thioether (sulfide) groups is 1. The van der Waals surface area contributed by atoms with E-state index in [2.05, 4.69) is 5.32 Å². The highest BCUT2D eigenvalue weighted by Crippen LogP contribution is 2.38. The number of benzene rings is 1. The van der Waals surface area contributed by atoms with Gasteiger partial charge < -0.3 is 14.5 Å². The van der Waals surface area contributed by atoms with Crippen LogP contribution in [0, 0.1) is 0 Å². The van der Waals surface area contributed by atoms with E-state index < -0.39 is 5.63 Å². The Morgan fingerprint density at radius 3 is 3.04 bits per heavy atom. The summed E-state index contributed by atoms with van der Waals surface area (Å²) in [7, 11) is 0. The maximum atomic E-state index is 12.5. The Morgan fingerprint density at radius 2 is 2.21 bits per heavy atom. The highest BCUT2D eigenvalue weighted by atomic mass is 32.2. The minimum atomic E-state index is -0.478. The van der Waals surface area contributed by atoms with E-state index in [9.17, 15) is 9.59 Å². The van der Waals surface area contributed by atoms with E-state index in [0.717, 1.165) is 36.2 Å². The number of carbonyl (C=O) groups excluding carboxylic acids is 1. The van der Waals surface area contributed by atoms with Gasteiger partial charge in [0.15, 0.2) is 5.76 Å². The first kappa shape index (κ1) is 15.7. The fraction of sp³-hybridized carbons (Fsp3) is 0.444. The molecule has 0 aliphatic carbocycles. The molecule has 2 aromatic rings. The molecule has 3 heterocycles. The first-order chi connectivity index (χ1) is 11.7. The summed E-state index contributed by atoms with van der Waals surface area (Å²) in [5.74, 6) is 1.84. The molecule has 2 atom stereocenters. The van der Waals surface area contributed by atoms with Gasteiger partial charge in [-0.15, -0.1) is 0 Å². The van der Waals surface area contributed by atoms with Gasteiger partial charge in [-0.3, -0.25) is 4.79 Å². The smallest absolute Gasteiger partial charge is 0.344 e. The number of nitrogens with one attached hydrogen (secondary N) is 1. The molecule has 24 heavy (non-hydrogen) atoms. The maximum Gasteiger partial charge on any atom is 0.344 e. The Morgan fingerprint density at radius 1 is 1.33 bits per heavy atom. The van der Waals surface area contributed by atoms with E-state index in [-0.39, 0.29) is 23.3 Å². The highest BCUT2D eigenvalue weighted by Gasteiger charge is 2.41. The van der Waals surface area contributed by atoms with Crippen molar-refractivity contribution in [2.75, 3.05) is 18.1 Å². The fourth-order valence-corrected chi connectivity index (χ4v) is 4.90. The van der Waals surface area contributed by atoms with E-state index in [1.165, 1.54) is 0 Å². The van der Waals surface area contributed by atoms with Crippen molar-refractivity contribution in [2.45, 2.75) is 30.9 Å². The summed E-state index contributed by atoms with van der Waals surface area (Å²) >= 11 is 1.90. The van der Waals surface area contributed by atoms with Crippen LogP contribution in [0.25, 0.3) is 10.8 Å². The molecule has 126 valence electrons. The van der Waals surface area contributed by atoms with Crippen molar-refractivity contribution in [3.63, 3.8) is 0 Å². The lowest BCUT2D eigenvalue weighted by Crippen LogP contribution is -2.48. The Bertz CT molecular complexity index is 825. The molecule has 2 fully saturated rings. The average Bonchev–Trinajstić information content (AvgIpc) is 3.02. The third-order valence-electron chi connectivity index (χ3n) is 4.79. The third-order valence-corrected chi connectivity index (χ3v) is 6.01. The van der Waals surface area contributed by atoms with Gasteiger partial charge in [-0.25, -0.2) is 4.79 Å². The van der Waals surface area contributed by atoms with Crippen LogP contribution in [0.1, 0.15) is 29.8 Å². The number of ether oxygens (including phenoxy) is 1. The van der Waals surface area contributed by atoms with Gasteiger partial charge in [0.05, 0.1) is 11.0 Å². The summed E-state index contributed by atoms with van der Waals surface area (Å²) < 4.78 is 11.2. The van der Waals surface area contributed by atoms with Gasteiger partial charge in [-0.05, 0) is 42.5 Å². The van der Waals surface area contributed by atoms with Gasteiger partial charge in [-0.1, -0.05) is 18.2 Å². The van der Waals surface area contributed by atoms with Gasteiger partial charge in [0.25, 0.3) is 5.91 Å². The van der Waals surface area contributed by atoms with Gasteiger partial charge in [0.1, 0.15) is 0 Å².